The van der Waals surface area contributed by atoms with Crippen LogP contribution in [0.2, 0.25) is 0 Å². The molecular weight excluding hydrogens is 358 g/mol. The first-order valence-corrected chi connectivity index (χ1v) is 9.12. The zero-order chi connectivity index (χ0) is 19.1. The van der Waals surface area contributed by atoms with E-state index in [0.29, 0.717) is 16.8 Å². The molecule has 0 atom stereocenters. The van der Waals surface area contributed by atoms with Crippen molar-refractivity contribution in [3.8, 4) is 33.4 Å². The van der Waals surface area contributed by atoms with E-state index in [4.69, 9.17) is 5.26 Å². The molecule has 132 valence electrons. The van der Waals surface area contributed by atoms with Crippen LogP contribution in [-0.2, 0) is 7.05 Å². The van der Waals surface area contributed by atoms with Gasteiger partial charge in [-0.15, -0.1) is 11.3 Å². The Morgan fingerprint density at radius 3 is 2.52 bits per heavy atom. The summed E-state index contributed by atoms with van der Waals surface area (Å²) < 4.78 is 2.27. The second-order valence-corrected chi connectivity index (χ2v) is 7.28. The molecule has 0 saturated carbocycles. The number of nitrogens with zero attached hydrogens (tertiary/aromatic N) is 3. The van der Waals surface area contributed by atoms with Gasteiger partial charge in [-0.2, -0.15) is 10.4 Å². The van der Waals surface area contributed by atoms with Crippen molar-refractivity contribution < 1.29 is 5.11 Å². The van der Waals surface area contributed by atoms with E-state index in [0.717, 1.165) is 20.5 Å². The molecule has 0 amide bonds. The Hall–Kier alpha value is -3.43. The Balaban J connectivity index is 2.12. The van der Waals surface area contributed by atoms with E-state index in [1.54, 1.807) is 37.4 Å². The van der Waals surface area contributed by atoms with Crippen LogP contribution < -0.4 is 5.56 Å². The SMILES string of the molecule is Cc1nn(C)c(=O)c(-c2c(-c3ccc(C#N)cc3)sc3ccccc23)c1O. The van der Waals surface area contributed by atoms with Crippen LogP contribution in [0.4, 0.5) is 0 Å². The maximum absolute atomic E-state index is 12.9. The highest BCUT2D eigenvalue weighted by Gasteiger charge is 2.23. The molecule has 2 aromatic heterocycles. The van der Waals surface area contributed by atoms with Crippen molar-refractivity contribution in [3.05, 3.63) is 70.1 Å². The van der Waals surface area contributed by atoms with Crippen molar-refractivity contribution in [3.63, 3.8) is 0 Å². The average Bonchev–Trinajstić information content (AvgIpc) is 3.06. The Morgan fingerprint density at radius 1 is 1.11 bits per heavy atom. The number of aromatic hydroxyl groups is 1. The van der Waals surface area contributed by atoms with Crippen molar-refractivity contribution >= 4 is 21.4 Å². The van der Waals surface area contributed by atoms with Crippen LogP contribution in [0.1, 0.15) is 11.3 Å². The smallest absolute Gasteiger partial charge is 0.278 e. The first-order chi connectivity index (χ1) is 13.0. The standard InChI is InChI=1S/C21H15N3O2S/c1-12-19(25)18(21(26)24(2)23-12)17-15-5-3-4-6-16(15)27-20(17)14-9-7-13(11-22)8-10-14/h3-10,25H,1-2H3. The summed E-state index contributed by atoms with van der Waals surface area (Å²) in [7, 11) is 1.58. The molecule has 0 bridgehead atoms. The van der Waals surface area contributed by atoms with Crippen molar-refractivity contribution in [2.24, 2.45) is 7.05 Å². The van der Waals surface area contributed by atoms with E-state index >= 15 is 0 Å². The highest BCUT2D eigenvalue weighted by atomic mass is 32.1. The molecule has 27 heavy (non-hydrogen) atoms. The summed E-state index contributed by atoms with van der Waals surface area (Å²) in [6.07, 6.45) is 0. The average molecular weight is 373 g/mol. The fraction of sp³-hybridized carbons (Fsp3) is 0.0952. The number of aryl methyl sites for hydroxylation is 2. The number of hydrogen-bond acceptors (Lipinski definition) is 5. The third kappa shape index (κ3) is 2.69. The molecule has 2 heterocycles. The summed E-state index contributed by atoms with van der Waals surface area (Å²) in [6.45, 7) is 1.67. The number of aromatic nitrogens is 2. The molecular formula is C21H15N3O2S. The molecule has 0 radical (unpaired) electrons. The highest BCUT2D eigenvalue weighted by Crippen LogP contribution is 2.46. The van der Waals surface area contributed by atoms with Gasteiger partial charge in [0.1, 0.15) is 5.69 Å². The van der Waals surface area contributed by atoms with Crippen molar-refractivity contribution in [2.45, 2.75) is 6.92 Å². The second-order valence-electron chi connectivity index (χ2n) is 6.23. The van der Waals surface area contributed by atoms with E-state index in [2.05, 4.69) is 11.2 Å². The summed E-state index contributed by atoms with van der Waals surface area (Å²) >= 11 is 1.55. The molecule has 0 aliphatic heterocycles. The number of thiophene rings is 1. The number of hydrogen-bond donors (Lipinski definition) is 1. The first kappa shape index (κ1) is 17.0. The van der Waals surface area contributed by atoms with E-state index in [1.165, 1.54) is 4.68 Å². The van der Waals surface area contributed by atoms with Crippen LogP contribution in [0.5, 0.6) is 5.75 Å². The fourth-order valence-corrected chi connectivity index (χ4v) is 4.39. The molecule has 5 nitrogen and oxygen atoms in total. The van der Waals surface area contributed by atoms with Gasteiger partial charge >= 0.3 is 0 Å². The highest BCUT2D eigenvalue weighted by molar-refractivity contribution is 7.23. The van der Waals surface area contributed by atoms with Crippen LogP contribution in [0.25, 0.3) is 31.7 Å². The Kier molecular flexibility index (Phi) is 4.02. The van der Waals surface area contributed by atoms with Crippen molar-refractivity contribution in [2.75, 3.05) is 0 Å². The summed E-state index contributed by atoms with van der Waals surface area (Å²) in [5.74, 6) is -0.100. The van der Waals surface area contributed by atoms with E-state index in [1.807, 2.05) is 36.4 Å². The summed E-state index contributed by atoms with van der Waals surface area (Å²) in [4.78, 5) is 13.7. The minimum atomic E-state index is -0.350. The van der Waals surface area contributed by atoms with E-state index in [-0.39, 0.29) is 16.9 Å². The Labute approximate surface area is 159 Å². The fourth-order valence-electron chi connectivity index (χ4n) is 3.18. The van der Waals surface area contributed by atoms with Crippen LogP contribution in [0.3, 0.4) is 0 Å². The van der Waals surface area contributed by atoms with Crippen molar-refractivity contribution in [1.29, 1.82) is 5.26 Å². The van der Waals surface area contributed by atoms with Gasteiger partial charge in [-0.05, 0) is 30.7 Å². The largest absolute Gasteiger partial charge is 0.505 e. The molecule has 0 aliphatic carbocycles. The van der Waals surface area contributed by atoms with Gasteiger partial charge in [-0.3, -0.25) is 4.79 Å². The van der Waals surface area contributed by atoms with Gasteiger partial charge in [0.05, 0.1) is 17.2 Å². The molecule has 6 heteroatoms. The lowest BCUT2D eigenvalue weighted by molar-refractivity contribution is 0.460. The summed E-state index contributed by atoms with van der Waals surface area (Å²) in [6, 6.07) is 17.1. The third-order valence-corrected chi connectivity index (χ3v) is 5.73. The molecule has 2 aromatic carbocycles. The number of benzene rings is 2. The Morgan fingerprint density at radius 2 is 1.81 bits per heavy atom. The van der Waals surface area contributed by atoms with E-state index in [9.17, 15) is 9.90 Å². The van der Waals surface area contributed by atoms with Gasteiger partial charge in [0.2, 0.25) is 0 Å². The lowest BCUT2D eigenvalue weighted by atomic mass is 9.98. The zero-order valence-corrected chi connectivity index (χ0v) is 15.5. The molecule has 0 saturated heterocycles. The number of rotatable bonds is 2. The van der Waals surface area contributed by atoms with Crippen LogP contribution >= 0.6 is 11.3 Å². The molecule has 0 unspecified atom stereocenters. The van der Waals surface area contributed by atoms with Gasteiger partial charge in [0.15, 0.2) is 5.75 Å². The predicted molar refractivity (Wildman–Crippen MR) is 107 cm³/mol. The third-order valence-electron chi connectivity index (χ3n) is 4.51. The van der Waals surface area contributed by atoms with Crippen LogP contribution in [-0.4, -0.2) is 14.9 Å². The Bertz CT molecular complexity index is 1280. The number of nitriles is 1. The monoisotopic (exact) mass is 373 g/mol. The molecule has 0 spiro atoms. The molecule has 0 fully saturated rings. The lowest BCUT2D eigenvalue weighted by Gasteiger charge is -2.10. The normalized spacial score (nSPS) is 10.9. The summed E-state index contributed by atoms with van der Waals surface area (Å²) in [5, 5.41) is 24.7. The first-order valence-electron chi connectivity index (χ1n) is 8.30. The van der Waals surface area contributed by atoms with Crippen LogP contribution in [0.15, 0.2) is 53.3 Å². The lowest BCUT2D eigenvalue weighted by Crippen LogP contribution is -2.22. The number of fused-ring (bicyclic) bond motifs is 1. The van der Waals surface area contributed by atoms with Gasteiger partial charge in [-0.1, -0.05) is 30.3 Å². The quantitative estimate of drug-likeness (QED) is 0.571. The maximum Gasteiger partial charge on any atom is 0.278 e. The van der Waals surface area contributed by atoms with Gasteiger partial charge in [-0.25, -0.2) is 4.68 Å². The van der Waals surface area contributed by atoms with E-state index < -0.39 is 0 Å². The van der Waals surface area contributed by atoms with Gasteiger partial charge in [0.25, 0.3) is 5.56 Å². The minimum Gasteiger partial charge on any atom is -0.505 e. The van der Waals surface area contributed by atoms with Crippen molar-refractivity contribution in [1.82, 2.24) is 9.78 Å². The van der Waals surface area contributed by atoms with Crippen LogP contribution in [0, 0.1) is 18.3 Å². The predicted octanol–water partition coefficient (Wildman–Crippen LogP) is 4.21. The topological polar surface area (TPSA) is 78.9 Å². The molecule has 1 N–H and O–H groups in total. The zero-order valence-electron chi connectivity index (χ0n) is 14.7. The molecule has 4 rings (SSSR count). The second kappa shape index (κ2) is 6.38. The molecule has 0 aliphatic rings. The minimum absolute atomic E-state index is 0.100. The molecule has 4 aromatic rings. The maximum atomic E-state index is 12.9. The summed E-state index contributed by atoms with van der Waals surface area (Å²) in [5.41, 5.74) is 2.46. The van der Waals surface area contributed by atoms with Gasteiger partial charge in [0, 0.05) is 27.6 Å². The van der Waals surface area contributed by atoms with Gasteiger partial charge < -0.3 is 5.11 Å².